The minimum atomic E-state index is -3.73. The average Bonchev–Trinajstić information content (AvgIpc) is 2.80. The van der Waals surface area contributed by atoms with Crippen molar-refractivity contribution in [1.29, 1.82) is 0 Å². The van der Waals surface area contributed by atoms with E-state index >= 15 is 0 Å². The van der Waals surface area contributed by atoms with Crippen molar-refractivity contribution < 1.29 is 17.9 Å². The Bertz CT molecular complexity index is 1170. The molecule has 31 heavy (non-hydrogen) atoms. The van der Waals surface area contributed by atoms with Crippen LogP contribution >= 0.6 is 11.6 Å². The van der Waals surface area contributed by atoms with E-state index in [-0.39, 0.29) is 16.9 Å². The molecule has 1 heterocycles. The SMILES string of the molecule is O=C(c1cccc(NS(=O)(=O)c2ccccc2)c1)N1CCOC(c2ccc(Cl)cc2)C1. The van der Waals surface area contributed by atoms with Crippen molar-refractivity contribution in [3.8, 4) is 0 Å². The summed E-state index contributed by atoms with van der Waals surface area (Å²) in [5.41, 5.74) is 1.69. The molecular weight excluding hydrogens is 436 g/mol. The third-order valence-electron chi connectivity index (χ3n) is 5.01. The lowest BCUT2D eigenvalue weighted by Gasteiger charge is -2.33. The topological polar surface area (TPSA) is 75.7 Å². The summed E-state index contributed by atoms with van der Waals surface area (Å²) in [6, 6.07) is 22.0. The molecule has 0 bridgehead atoms. The normalized spacial score (nSPS) is 16.7. The third-order valence-corrected chi connectivity index (χ3v) is 6.66. The third kappa shape index (κ3) is 5.07. The molecule has 1 aliphatic rings. The summed E-state index contributed by atoms with van der Waals surface area (Å²) in [6.45, 7) is 1.28. The highest BCUT2D eigenvalue weighted by Gasteiger charge is 2.26. The van der Waals surface area contributed by atoms with Crippen molar-refractivity contribution in [3.05, 3.63) is 95.0 Å². The Morgan fingerprint density at radius 2 is 1.74 bits per heavy atom. The molecule has 160 valence electrons. The molecule has 0 aliphatic carbocycles. The molecule has 0 saturated carbocycles. The number of benzene rings is 3. The van der Waals surface area contributed by atoms with Crippen LogP contribution in [0, 0.1) is 0 Å². The predicted octanol–water partition coefficient (Wildman–Crippen LogP) is 4.35. The molecule has 8 heteroatoms. The summed E-state index contributed by atoms with van der Waals surface area (Å²) in [5.74, 6) is -0.178. The Morgan fingerprint density at radius 3 is 2.48 bits per heavy atom. The second-order valence-corrected chi connectivity index (χ2v) is 9.28. The molecule has 1 amide bonds. The van der Waals surface area contributed by atoms with Gasteiger partial charge in [-0.3, -0.25) is 9.52 Å². The van der Waals surface area contributed by atoms with Crippen molar-refractivity contribution in [2.75, 3.05) is 24.4 Å². The fourth-order valence-corrected chi connectivity index (χ4v) is 4.62. The van der Waals surface area contributed by atoms with Gasteiger partial charge in [0.05, 0.1) is 18.0 Å². The molecular formula is C23H21ClN2O4S. The first kappa shape index (κ1) is 21.4. The molecule has 1 atom stereocenters. The number of carbonyl (C=O) groups excluding carboxylic acids is 1. The molecule has 0 radical (unpaired) electrons. The second-order valence-electron chi connectivity index (χ2n) is 7.16. The smallest absolute Gasteiger partial charge is 0.261 e. The van der Waals surface area contributed by atoms with Gasteiger partial charge in [0.25, 0.3) is 15.9 Å². The van der Waals surface area contributed by atoms with Gasteiger partial charge < -0.3 is 9.64 Å². The number of nitrogens with zero attached hydrogens (tertiary/aromatic N) is 1. The number of amides is 1. The van der Waals surface area contributed by atoms with Crippen LogP contribution in [0.5, 0.6) is 0 Å². The monoisotopic (exact) mass is 456 g/mol. The van der Waals surface area contributed by atoms with Gasteiger partial charge in [-0.25, -0.2) is 8.42 Å². The van der Waals surface area contributed by atoms with Crippen LogP contribution in [-0.2, 0) is 14.8 Å². The molecule has 1 N–H and O–H groups in total. The van der Waals surface area contributed by atoms with E-state index in [1.165, 1.54) is 12.1 Å². The van der Waals surface area contributed by atoms with Crippen molar-refractivity contribution in [2.24, 2.45) is 0 Å². The van der Waals surface area contributed by atoms with Gasteiger partial charge in [-0.1, -0.05) is 48.0 Å². The number of nitrogens with one attached hydrogen (secondary N) is 1. The average molecular weight is 457 g/mol. The Labute approximate surface area is 186 Å². The van der Waals surface area contributed by atoms with Crippen molar-refractivity contribution in [3.63, 3.8) is 0 Å². The maximum Gasteiger partial charge on any atom is 0.261 e. The van der Waals surface area contributed by atoms with E-state index in [0.29, 0.717) is 36.0 Å². The highest BCUT2D eigenvalue weighted by Crippen LogP contribution is 2.25. The lowest BCUT2D eigenvalue weighted by Crippen LogP contribution is -2.42. The minimum absolute atomic E-state index is 0.158. The van der Waals surface area contributed by atoms with Crippen LogP contribution in [0.25, 0.3) is 0 Å². The Balaban J connectivity index is 1.49. The predicted molar refractivity (Wildman–Crippen MR) is 120 cm³/mol. The molecule has 0 aromatic heterocycles. The number of morpholine rings is 1. The van der Waals surface area contributed by atoms with Gasteiger partial charge in [0.2, 0.25) is 0 Å². The number of carbonyl (C=O) groups is 1. The van der Waals surface area contributed by atoms with Crippen LogP contribution in [-0.4, -0.2) is 38.9 Å². The van der Waals surface area contributed by atoms with Crippen LogP contribution in [0.4, 0.5) is 5.69 Å². The molecule has 1 saturated heterocycles. The summed E-state index contributed by atoms with van der Waals surface area (Å²) in [5, 5.41) is 0.641. The summed E-state index contributed by atoms with van der Waals surface area (Å²) in [7, 11) is -3.73. The Morgan fingerprint density at radius 1 is 1.00 bits per heavy atom. The van der Waals surface area contributed by atoms with Gasteiger partial charge in [-0.05, 0) is 48.0 Å². The Hall–Kier alpha value is -2.87. The van der Waals surface area contributed by atoms with Crippen LogP contribution in [0.3, 0.4) is 0 Å². The fourth-order valence-electron chi connectivity index (χ4n) is 3.42. The van der Waals surface area contributed by atoms with Gasteiger partial charge in [-0.15, -0.1) is 0 Å². The lowest BCUT2D eigenvalue weighted by atomic mass is 10.1. The summed E-state index contributed by atoms with van der Waals surface area (Å²) >= 11 is 5.96. The molecule has 4 rings (SSSR count). The van der Waals surface area contributed by atoms with Crippen LogP contribution in [0.1, 0.15) is 22.0 Å². The quantitative estimate of drug-likeness (QED) is 0.619. The maximum atomic E-state index is 13.1. The van der Waals surface area contributed by atoms with Gasteiger partial charge >= 0.3 is 0 Å². The minimum Gasteiger partial charge on any atom is -0.370 e. The maximum absolute atomic E-state index is 13.1. The van der Waals surface area contributed by atoms with Gasteiger partial charge in [0, 0.05) is 22.8 Å². The van der Waals surface area contributed by atoms with Crippen molar-refractivity contribution >= 4 is 33.2 Å². The van der Waals surface area contributed by atoms with E-state index in [9.17, 15) is 13.2 Å². The molecule has 3 aromatic rings. The van der Waals surface area contributed by atoms with Crippen LogP contribution in [0.15, 0.2) is 83.8 Å². The zero-order valence-electron chi connectivity index (χ0n) is 16.6. The second kappa shape index (κ2) is 9.09. The van der Waals surface area contributed by atoms with Crippen molar-refractivity contribution in [2.45, 2.75) is 11.0 Å². The van der Waals surface area contributed by atoms with Crippen LogP contribution in [0.2, 0.25) is 5.02 Å². The molecule has 6 nitrogen and oxygen atoms in total. The number of hydrogen-bond acceptors (Lipinski definition) is 4. The lowest BCUT2D eigenvalue weighted by molar-refractivity contribution is -0.0228. The van der Waals surface area contributed by atoms with Gasteiger partial charge in [0.1, 0.15) is 6.10 Å². The first-order chi connectivity index (χ1) is 14.9. The zero-order chi connectivity index (χ0) is 21.8. The van der Waals surface area contributed by atoms with Gasteiger partial charge in [-0.2, -0.15) is 0 Å². The fraction of sp³-hybridized carbons (Fsp3) is 0.174. The first-order valence-corrected chi connectivity index (χ1v) is 11.6. The van der Waals surface area contributed by atoms with E-state index in [1.807, 2.05) is 12.1 Å². The number of ether oxygens (including phenoxy) is 1. The summed E-state index contributed by atoms with van der Waals surface area (Å²) in [4.78, 5) is 15.0. The van der Waals surface area contributed by atoms with E-state index in [4.69, 9.17) is 16.3 Å². The highest BCUT2D eigenvalue weighted by molar-refractivity contribution is 7.92. The van der Waals surface area contributed by atoms with E-state index in [0.717, 1.165) is 5.56 Å². The molecule has 0 spiro atoms. The largest absolute Gasteiger partial charge is 0.370 e. The molecule has 1 aliphatic heterocycles. The molecule has 1 fully saturated rings. The summed E-state index contributed by atoms with van der Waals surface area (Å²) < 4.78 is 33.5. The van der Waals surface area contributed by atoms with Crippen molar-refractivity contribution in [1.82, 2.24) is 4.90 Å². The van der Waals surface area contributed by atoms with E-state index in [2.05, 4.69) is 4.72 Å². The zero-order valence-corrected chi connectivity index (χ0v) is 18.1. The number of rotatable bonds is 5. The summed E-state index contributed by atoms with van der Waals surface area (Å²) in [6.07, 6.45) is -0.241. The number of anilines is 1. The standard InChI is InChI=1S/C23H21ClN2O4S/c24-19-11-9-17(10-12-19)22-16-26(13-14-30-22)23(27)18-5-4-6-20(15-18)25-31(28,29)21-7-2-1-3-8-21/h1-12,15,22,25H,13-14,16H2. The van der Waals surface area contributed by atoms with E-state index < -0.39 is 10.0 Å². The first-order valence-electron chi connectivity index (χ1n) is 9.77. The Kier molecular flexibility index (Phi) is 6.27. The number of halogens is 1. The highest BCUT2D eigenvalue weighted by atomic mass is 35.5. The molecule has 1 unspecified atom stereocenters. The number of sulfonamides is 1. The number of hydrogen-bond donors (Lipinski definition) is 1. The van der Waals surface area contributed by atoms with E-state index in [1.54, 1.807) is 59.5 Å². The van der Waals surface area contributed by atoms with Crippen LogP contribution < -0.4 is 4.72 Å². The molecule has 3 aromatic carbocycles. The van der Waals surface area contributed by atoms with Gasteiger partial charge in [0.15, 0.2) is 0 Å².